The summed E-state index contributed by atoms with van der Waals surface area (Å²) in [7, 11) is 0. The first kappa shape index (κ1) is 17.0. The molecule has 1 aromatic rings. The van der Waals surface area contributed by atoms with Crippen LogP contribution in [0.2, 0.25) is 0 Å². The molecule has 1 aliphatic carbocycles. The van der Waals surface area contributed by atoms with Gasteiger partial charge < -0.3 is 5.32 Å². The average molecular weight is 347 g/mol. The third-order valence-corrected chi connectivity index (χ3v) is 3.51. The molecule has 0 aliphatic heterocycles. The lowest BCUT2D eigenvalue weighted by Crippen LogP contribution is -2.25. The van der Waals surface area contributed by atoms with E-state index >= 15 is 0 Å². The van der Waals surface area contributed by atoms with E-state index in [1.807, 2.05) is 0 Å². The summed E-state index contributed by atoms with van der Waals surface area (Å²) in [4.78, 5) is 22.1. The summed E-state index contributed by atoms with van der Waals surface area (Å²) in [6, 6.07) is 3.91. The number of allylic oxidation sites excluding steroid dienone is 3. The lowest BCUT2D eigenvalue weighted by molar-refractivity contribution is -0.420. The van der Waals surface area contributed by atoms with E-state index in [0.29, 0.717) is 0 Å². The molecule has 0 fully saturated rings. The second-order valence-electron chi connectivity index (χ2n) is 4.75. The number of hydrogen-bond acceptors (Lipinski definition) is 3. The summed E-state index contributed by atoms with van der Waals surface area (Å²) in [5.74, 6) is -0.775. The maximum absolute atomic E-state index is 12.6. The van der Waals surface area contributed by atoms with E-state index in [9.17, 15) is 28.1 Å². The summed E-state index contributed by atoms with van der Waals surface area (Å²) in [5, 5.41) is 13.2. The van der Waals surface area contributed by atoms with Gasteiger partial charge in [-0.15, -0.1) is 0 Å². The molecule has 0 unspecified atom stereocenters. The number of halogens is 4. The number of alkyl halides is 3. The van der Waals surface area contributed by atoms with Crippen molar-refractivity contribution in [1.82, 2.24) is 5.32 Å². The van der Waals surface area contributed by atoms with E-state index in [2.05, 4.69) is 5.32 Å². The van der Waals surface area contributed by atoms with Gasteiger partial charge in [0.2, 0.25) is 0 Å². The molecule has 0 saturated heterocycles. The van der Waals surface area contributed by atoms with Crippen LogP contribution in [0.4, 0.5) is 13.2 Å². The van der Waals surface area contributed by atoms with Crippen LogP contribution < -0.4 is 5.32 Å². The first-order valence-electron chi connectivity index (χ1n) is 6.40. The van der Waals surface area contributed by atoms with Gasteiger partial charge in [0.25, 0.3) is 11.6 Å². The Balaban J connectivity index is 2.20. The predicted octanol–water partition coefficient (Wildman–Crippen LogP) is 3.84. The molecule has 5 nitrogen and oxygen atoms in total. The summed E-state index contributed by atoms with van der Waals surface area (Å²) >= 11 is 5.72. The Morgan fingerprint density at radius 1 is 1.30 bits per heavy atom. The van der Waals surface area contributed by atoms with Crippen LogP contribution in [0.5, 0.6) is 0 Å². The van der Waals surface area contributed by atoms with Crippen LogP contribution in [0.15, 0.2) is 46.8 Å². The number of amides is 1. The fourth-order valence-electron chi connectivity index (χ4n) is 1.99. The zero-order valence-corrected chi connectivity index (χ0v) is 12.2. The third kappa shape index (κ3) is 4.10. The number of nitrogens with one attached hydrogen (secondary N) is 1. The van der Waals surface area contributed by atoms with E-state index in [1.165, 1.54) is 6.07 Å². The molecular formula is C14H10ClF3N2O3. The molecule has 2 rings (SSSR count). The second-order valence-corrected chi connectivity index (χ2v) is 5.21. The molecule has 0 bridgehead atoms. The molecule has 23 heavy (non-hydrogen) atoms. The number of benzene rings is 1. The predicted molar refractivity (Wildman–Crippen MR) is 76.1 cm³/mol. The number of carbonyl (C=O) groups excluding carboxylic acids is 1. The van der Waals surface area contributed by atoms with Crippen molar-refractivity contribution in [2.24, 2.45) is 0 Å². The summed E-state index contributed by atoms with van der Waals surface area (Å²) in [6.45, 7) is 0. The van der Waals surface area contributed by atoms with Crippen LogP contribution in [0.1, 0.15) is 28.8 Å². The molecule has 0 aromatic heterocycles. The molecule has 122 valence electrons. The van der Waals surface area contributed by atoms with Gasteiger partial charge in [-0.2, -0.15) is 13.2 Å². The van der Waals surface area contributed by atoms with Crippen LogP contribution >= 0.6 is 11.6 Å². The van der Waals surface area contributed by atoms with Gasteiger partial charge in [0.15, 0.2) is 0 Å². The second kappa shape index (κ2) is 6.41. The third-order valence-electron chi connectivity index (χ3n) is 3.13. The van der Waals surface area contributed by atoms with Crippen molar-refractivity contribution in [2.75, 3.05) is 0 Å². The highest BCUT2D eigenvalue weighted by Gasteiger charge is 2.31. The highest BCUT2D eigenvalue weighted by Crippen LogP contribution is 2.30. The van der Waals surface area contributed by atoms with Crippen molar-refractivity contribution in [1.29, 1.82) is 0 Å². The number of nitrogens with zero attached hydrogens (tertiary/aromatic N) is 1. The van der Waals surface area contributed by atoms with E-state index < -0.39 is 22.6 Å². The molecule has 0 spiro atoms. The topological polar surface area (TPSA) is 72.2 Å². The molecule has 0 saturated carbocycles. The molecule has 1 N–H and O–H groups in total. The number of hydrogen-bond donors (Lipinski definition) is 1. The number of nitro groups is 1. The summed E-state index contributed by atoms with van der Waals surface area (Å²) < 4.78 is 37.9. The molecule has 1 aliphatic rings. The van der Waals surface area contributed by atoms with Crippen LogP contribution in [0.3, 0.4) is 0 Å². The van der Waals surface area contributed by atoms with E-state index in [1.54, 1.807) is 0 Å². The average Bonchev–Trinajstić information content (AvgIpc) is 2.48. The van der Waals surface area contributed by atoms with Crippen molar-refractivity contribution in [3.63, 3.8) is 0 Å². The largest absolute Gasteiger partial charge is 0.416 e. The van der Waals surface area contributed by atoms with Crippen molar-refractivity contribution in [3.8, 4) is 0 Å². The fourth-order valence-corrected chi connectivity index (χ4v) is 2.21. The van der Waals surface area contributed by atoms with E-state index in [4.69, 9.17) is 11.6 Å². The lowest BCUT2D eigenvalue weighted by Gasteiger charge is -2.14. The fraction of sp³-hybridized carbons (Fsp3) is 0.214. The van der Waals surface area contributed by atoms with Gasteiger partial charge in [0.05, 0.1) is 15.5 Å². The molecule has 0 heterocycles. The van der Waals surface area contributed by atoms with Gasteiger partial charge >= 0.3 is 6.18 Å². The van der Waals surface area contributed by atoms with E-state index in [-0.39, 0.29) is 34.8 Å². The van der Waals surface area contributed by atoms with Gasteiger partial charge in [-0.3, -0.25) is 14.9 Å². The zero-order valence-electron chi connectivity index (χ0n) is 11.5. The molecule has 1 aromatic carbocycles. The van der Waals surface area contributed by atoms with Crippen LogP contribution in [-0.2, 0) is 6.18 Å². The monoisotopic (exact) mass is 346 g/mol. The maximum Gasteiger partial charge on any atom is 0.416 e. The first-order chi connectivity index (χ1) is 10.7. The molecule has 9 heteroatoms. The highest BCUT2D eigenvalue weighted by molar-refractivity contribution is 6.30. The summed E-state index contributed by atoms with van der Waals surface area (Å²) in [5.41, 5.74) is -1.25. The van der Waals surface area contributed by atoms with Gasteiger partial charge in [-0.1, -0.05) is 17.7 Å². The minimum atomic E-state index is -4.56. The Morgan fingerprint density at radius 2 is 2.00 bits per heavy atom. The van der Waals surface area contributed by atoms with Gasteiger partial charge in [-0.05, 0) is 31.0 Å². The van der Waals surface area contributed by atoms with Gasteiger partial charge in [0, 0.05) is 17.3 Å². The molecule has 0 atom stereocenters. The van der Waals surface area contributed by atoms with Crippen molar-refractivity contribution in [2.45, 2.75) is 19.0 Å². The minimum absolute atomic E-state index is 0.0621. The minimum Gasteiger partial charge on any atom is -0.325 e. The zero-order chi connectivity index (χ0) is 17.2. The van der Waals surface area contributed by atoms with Crippen LogP contribution in [-0.4, -0.2) is 10.8 Å². The first-order valence-corrected chi connectivity index (χ1v) is 6.78. The van der Waals surface area contributed by atoms with Crippen LogP contribution in [0, 0.1) is 10.1 Å². The Kier molecular flexibility index (Phi) is 4.74. The standard InChI is InChI=1S/C14H10ClF3N2O3/c15-11-5-4-10(7-12(11)20(22)23)19-13(21)8-2-1-3-9(6-8)14(16,17)18/h1-3,6-7H,4-5H2,(H,19,21). The van der Waals surface area contributed by atoms with Crippen molar-refractivity contribution in [3.05, 3.63) is 68.0 Å². The van der Waals surface area contributed by atoms with E-state index in [0.717, 1.165) is 24.3 Å². The maximum atomic E-state index is 12.6. The van der Waals surface area contributed by atoms with Crippen molar-refractivity contribution >= 4 is 17.5 Å². The molecular weight excluding hydrogens is 337 g/mol. The Morgan fingerprint density at radius 3 is 2.61 bits per heavy atom. The number of carbonyl (C=O) groups is 1. The quantitative estimate of drug-likeness (QED) is 0.667. The smallest absolute Gasteiger partial charge is 0.325 e. The Labute approximate surface area is 133 Å². The Bertz CT molecular complexity index is 726. The van der Waals surface area contributed by atoms with Gasteiger partial charge in [0.1, 0.15) is 0 Å². The highest BCUT2D eigenvalue weighted by atomic mass is 35.5. The van der Waals surface area contributed by atoms with Gasteiger partial charge in [-0.25, -0.2) is 0 Å². The molecule has 0 radical (unpaired) electrons. The Hall–Kier alpha value is -2.35. The number of rotatable bonds is 3. The lowest BCUT2D eigenvalue weighted by atomic mass is 10.1. The molecule has 1 amide bonds. The summed E-state index contributed by atoms with van der Waals surface area (Å²) in [6.07, 6.45) is -3.03. The van der Waals surface area contributed by atoms with Crippen molar-refractivity contribution < 1.29 is 22.9 Å². The SMILES string of the molecule is O=C(NC1=CC([N+](=O)[O-])=C(Cl)CC1)c1cccc(C(F)(F)F)c1. The normalized spacial score (nSPS) is 15.2. The van der Waals surface area contributed by atoms with Crippen LogP contribution in [0.25, 0.3) is 0 Å².